The van der Waals surface area contributed by atoms with Crippen molar-refractivity contribution in [1.29, 1.82) is 0 Å². The van der Waals surface area contributed by atoms with Gasteiger partial charge >= 0.3 is 0 Å². The average molecular weight is 344 g/mol. The smallest absolute Gasteiger partial charge is 0.255 e. The van der Waals surface area contributed by atoms with Crippen molar-refractivity contribution in [2.45, 2.75) is 19.3 Å². The number of piperidine rings is 1. The Kier molecular flexibility index (Phi) is 5.07. The summed E-state index contributed by atoms with van der Waals surface area (Å²) < 4.78 is 26.4. The number of benzene rings is 2. The molecule has 4 nitrogen and oxygen atoms in total. The van der Waals surface area contributed by atoms with Crippen LogP contribution in [0.2, 0.25) is 0 Å². The third kappa shape index (κ3) is 4.21. The van der Waals surface area contributed by atoms with Crippen LogP contribution in [0.3, 0.4) is 0 Å². The van der Waals surface area contributed by atoms with Crippen molar-refractivity contribution in [2.24, 2.45) is 0 Å². The molecule has 1 N–H and O–H groups in total. The van der Waals surface area contributed by atoms with E-state index in [-0.39, 0.29) is 17.2 Å². The van der Waals surface area contributed by atoms with Gasteiger partial charge in [0.2, 0.25) is 0 Å². The zero-order chi connectivity index (χ0) is 17.8. The van der Waals surface area contributed by atoms with Crippen LogP contribution in [-0.4, -0.2) is 29.8 Å². The molecule has 1 aliphatic rings. The second kappa shape index (κ2) is 7.42. The summed E-state index contributed by atoms with van der Waals surface area (Å²) in [4.78, 5) is 26.6. The Balaban J connectivity index is 1.76. The van der Waals surface area contributed by atoms with E-state index in [0.717, 1.165) is 50.6 Å². The van der Waals surface area contributed by atoms with E-state index in [1.165, 1.54) is 6.07 Å². The molecule has 1 heterocycles. The fraction of sp³-hybridized carbons (Fsp3) is 0.263. The highest BCUT2D eigenvalue weighted by Gasteiger charge is 2.19. The van der Waals surface area contributed by atoms with Crippen molar-refractivity contribution in [3.63, 3.8) is 0 Å². The first-order chi connectivity index (χ1) is 12.0. The molecule has 6 heteroatoms. The molecule has 0 bridgehead atoms. The molecule has 130 valence electrons. The number of carbonyl (C=O) groups excluding carboxylic acids is 2. The molecule has 0 unspecified atom stereocenters. The number of likely N-dealkylation sites (tertiary alicyclic amines) is 1. The SMILES string of the molecule is O=C(Nc1cc(F)cc(F)c1)c1cccc(C(=O)N2CCCCC2)c1. The van der Waals surface area contributed by atoms with Crippen LogP contribution in [-0.2, 0) is 0 Å². The maximum Gasteiger partial charge on any atom is 0.255 e. The number of halogens is 2. The van der Waals surface area contributed by atoms with Crippen molar-refractivity contribution >= 4 is 17.5 Å². The lowest BCUT2D eigenvalue weighted by Gasteiger charge is -2.26. The summed E-state index contributed by atoms with van der Waals surface area (Å²) in [5.74, 6) is -2.18. The van der Waals surface area contributed by atoms with Gasteiger partial charge in [-0.1, -0.05) is 6.07 Å². The molecular formula is C19H18F2N2O2. The number of nitrogens with zero attached hydrogens (tertiary/aromatic N) is 1. The highest BCUT2D eigenvalue weighted by Crippen LogP contribution is 2.17. The zero-order valence-electron chi connectivity index (χ0n) is 13.6. The van der Waals surface area contributed by atoms with Gasteiger partial charge in [0.15, 0.2) is 0 Å². The molecule has 0 aliphatic carbocycles. The summed E-state index contributed by atoms with van der Waals surface area (Å²) in [6.45, 7) is 1.44. The minimum atomic E-state index is -0.774. The molecule has 0 radical (unpaired) electrons. The quantitative estimate of drug-likeness (QED) is 0.920. The highest BCUT2D eigenvalue weighted by atomic mass is 19.1. The van der Waals surface area contributed by atoms with Crippen LogP contribution in [0, 0.1) is 11.6 Å². The molecular weight excluding hydrogens is 326 g/mol. The Hall–Kier alpha value is -2.76. The van der Waals surface area contributed by atoms with E-state index in [4.69, 9.17) is 0 Å². The van der Waals surface area contributed by atoms with Crippen LogP contribution in [0.1, 0.15) is 40.0 Å². The van der Waals surface area contributed by atoms with Crippen molar-refractivity contribution in [1.82, 2.24) is 4.90 Å². The Morgan fingerprint density at radius 1 is 0.880 bits per heavy atom. The number of nitrogens with one attached hydrogen (secondary N) is 1. The largest absolute Gasteiger partial charge is 0.339 e. The molecule has 3 rings (SSSR count). The molecule has 0 atom stereocenters. The van der Waals surface area contributed by atoms with E-state index in [0.29, 0.717) is 5.56 Å². The van der Waals surface area contributed by atoms with E-state index in [1.54, 1.807) is 23.1 Å². The van der Waals surface area contributed by atoms with Crippen LogP contribution < -0.4 is 5.32 Å². The molecule has 0 saturated carbocycles. The molecule has 1 aliphatic heterocycles. The topological polar surface area (TPSA) is 49.4 Å². The lowest BCUT2D eigenvalue weighted by molar-refractivity contribution is 0.0724. The van der Waals surface area contributed by atoms with Gasteiger partial charge in [-0.3, -0.25) is 9.59 Å². The number of anilines is 1. The van der Waals surface area contributed by atoms with Crippen LogP contribution in [0.25, 0.3) is 0 Å². The number of amides is 2. The first kappa shape index (κ1) is 17.1. The molecule has 2 amide bonds. The minimum absolute atomic E-state index is 0.0234. The summed E-state index contributed by atoms with van der Waals surface area (Å²) in [7, 11) is 0. The van der Waals surface area contributed by atoms with Gasteiger partial charge in [0, 0.05) is 36.0 Å². The Morgan fingerprint density at radius 2 is 1.52 bits per heavy atom. The van der Waals surface area contributed by atoms with E-state index >= 15 is 0 Å². The second-order valence-electron chi connectivity index (χ2n) is 6.05. The summed E-state index contributed by atoms with van der Waals surface area (Å²) in [6, 6.07) is 9.13. The monoisotopic (exact) mass is 344 g/mol. The molecule has 1 fully saturated rings. The predicted octanol–water partition coefficient (Wildman–Crippen LogP) is 3.84. The normalized spacial score (nSPS) is 14.2. The highest BCUT2D eigenvalue weighted by molar-refractivity contribution is 6.06. The van der Waals surface area contributed by atoms with Gasteiger partial charge in [0.1, 0.15) is 11.6 Å². The fourth-order valence-corrected chi connectivity index (χ4v) is 2.90. The summed E-state index contributed by atoms with van der Waals surface area (Å²) in [5.41, 5.74) is 0.711. The predicted molar refractivity (Wildman–Crippen MR) is 90.5 cm³/mol. The molecule has 2 aromatic rings. The first-order valence-corrected chi connectivity index (χ1v) is 8.20. The molecule has 0 spiro atoms. The Morgan fingerprint density at radius 3 is 2.20 bits per heavy atom. The van der Waals surface area contributed by atoms with Crippen LogP contribution >= 0.6 is 0 Å². The van der Waals surface area contributed by atoms with Crippen molar-refractivity contribution < 1.29 is 18.4 Å². The lowest BCUT2D eigenvalue weighted by atomic mass is 10.1. The van der Waals surface area contributed by atoms with Gasteiger partial charge in [-0.05, 0) is 49.6 Å². The first-order valence-electron chi connectivity index (χ1n) is 8.20. The van der Waals surface area contributed by atoms with E-state index in [1.807, 2.05) is 0 Å². The third-order valence-corrected chi connectivity index (χ3v) is 4.14. The third-order valence-electron chi connectivity index (χ3n) is 4.14. The van der Waals surface area contributed by atoms with E-state index < -0.39 is 17.5 Å². The number of carbonyl (C=O) groups is 2. The fourth-order valence-electron chi connectivity index (χ4n) is 2.90. The number of hydrogen-bond donors (Lipinski definition) is 1. The maximum atomic E-state index is 13.2. The van der Waals surface area contributed by atoms with Gasteiger partial charge in [0.05, 0.1) is 0 Å². The summed E-state index contributed by atoms with van der Waals surface area (Å²) in [6.07, 6.45) is 3.09. The van der Waals surface area contributed by atoms with Crippen LogP contribution in [0.15, 0.2) is 42.5 Å². The molecule has 1 saturated heterocycles. The van der Waals surface area contributed by atoms with E-state index in [9.17, 15) is 18.4 Å². The summed E-state index contributed by atoms with van der Waals surface area (Å²) >= 11 is 0. The van der Waals surface area contributed by atoms with Gasteiger partial charge < -0.3 is 10.2 Å². The van der Waals surface area contributed by atoms with Crippen LogP contribution in [0.4, 0.5) is 14.5 Å². The van der Waals surface area contributed by atoms with Crippen LogP contribution in [0.5, 0.6) is 0 Å². The maximum absolute atomic E-state index is 13.2. The second-order valence-corrected chi connectivity index (χ2v) is 6.05. The Bertz CT molecular complexity index is 782. The zero-order valence-corrected chi connectivity index (χ0v) is 13.6. The Labute approximate surface area is 144 Å². The van der Waals surface area contributed by atoms with Gasteiger partial charge in [-0.15, -0.1) is 0 Å². The van der Waals surface area contributed by atoms with Crippen molar-refractivity contribution in [3.8, 4) is 0 Å². The average Bonchev–Trinajstić information content (AvgIpc) is 2.61. The molecule has 25 heavy (non-hydrogen) atoms. The van der Waals surface area contributed by atoms with E-state index in [2.05, 4.69) is 5.32 Å². The molecule has 0 aromatic heterocycles. The van der Waals surface area contributed by atoms with Crippen molar-refractivity contribution in [3.05, 3.63) is 65.2 Å². The van der Waals surface area contributed by atoms with Gasteiger partial charge in [-0.2, -0.15) is 0 Å². The molecule has 2 aromatic carbocycles. The summed E-state index contributed by atoms with van der Waals surface area (Å²) in [5, 5.41) is 2.44. The van der Waals surface area contributed by atoms with Gasteiger partial charge in [-0.25, -0.2) is 8.78 Å². The van der Waals surface area contributed by atoms with Gasteiger partial charge in [0.25, 0.3) is 11.8 Å². The van der Waals surface area contributed by atoms with Crippen molar-refractivity contribution in [2.75, 3.05) is 18.4 Å². The standard InChI is InChI=1S/C19H18F2N2O2/c20-15-10-16(21)12-17(11-15)22-18(24)13-5-4-6-14(9-13)19(25)23-7-2-1-3-8-23/h4-6,9-12H,1-3,7-8H2,(H,22,24). The number of rotatable bonds is 3. The minimum Gasteiger partial charge on any atom is -0.339 e. The number of hydrogen-bond acceptors (Lipinski definition) is 2. The lowest BCUT2D eigenvalue weighted by Crippen LogP contribution is -2.35.